The van der Waals surface area contributed by atoms with Gasteiger partial charge in [0.15, 0.2) is 11.5 Å². The van der Waals surface area contributed by atoms with Crippen LogP contribution in [0.5, 0.6) is 11.5 Å². The smallest absolute Gasteiger partial charge is 0.323 e. The first-order valence-electron chi connectivity index (χ1n) is 12.1. The van der Waals surface area contributed by atoms with E-state index in [4.69, 9.17) is 14.5 Å². The molecule has 5 aromatic rings. The number of rotatable bonds is 8. The number of nitrogens with one attached hydrogen (secondary N) is 2. The van der Waals surface area contributed by atoms with Gasteiger partial charge in [0, 0.05) is 29.5 Å². The molecule has 0 spiro atoms. The van der Waals surface area contributed by atoms with Crippen LogP contribution in [0.3, 0.4) is 0 Å². The SMILES string of the molecule is COc1ccc(NC(=O)Nc2cccc(CCc3nc4ccccc4n3-c3ccccc3)c2)cc1OC. The Balaban J connectivity index is 1.29. The highest BCUT2D eigenvalue weighted by Gasteiger charge is 2.13. The minimum Gasteiger partial charge on any atom is -0.493 e. The number of fused-ring (bicyclic) bond motifs is 1. The molecule has 2 N–H and O–H groups in total. The summed E-state index contributed by atoms with van der Waals surface area (Å²) in [6.07, 6.45) is 1.54. The fourth-order valence-corrected chi connectivity index (χ4v) is 4.38. The average molecular weight is 493 g/mol. The second kappa shape index (κ2) is 10.9. The van der Waals surface area contributed by atoms with Crippen molar-refractivity contribution in [3.05, 3.63) is 108 Å². The first-order chi connectivity index (χ1) is 18.1. The van der Waals surface area contributed by atoms with Crippen LogP contribution in [0.25, 0.3) is 16.7 Å². The van der Waals surface area contributed by atoms with Crippen molar-refractivity contribution in [3.63, 3.8) is 0 Å². The summed E-state index contributed by atoms with van der Waals surface area (Å²) >= 11 is 0. The summed E-state index contributed by atoms with van der Waals surface area (Å²) < 4.78 is 12.8. The zero-order valence-corrected chi connectivity index (χ0v) is 20.8. The number of urea groups is 1. The number of methoxy groups -OCH3 is 2. The Morgan fingerprint density at radius 2 is 1.49 bits per heavy atom. The van der Waals surface area contributed by atoms with Crippen molar-refractivity contribution in [3.8, 4) is 17.2 Å². The van der Waals surface area contributed by atoms with Crippen LogP contribution in [0, 0.1) is 0 Å². The molecule has 37 heavy (non-hydrogen) atoms. The molecule has 0 unspecified atom stereocenters. The van der Waals surface area contributed by atoms with Gasteiger partial charge < -0.3 is 20.1 Å². The van der Waals surface area contributed by atoms with E-state index < -0.39 is 0 Å². The standard InChI is InChI=1S/C30H28N4O3/c1-36-27-17-16-23(20-28(27)37-2)32-30(35)31-22-10-8-9-21(19-22)15-18-29-33-25-13-6-7-14-26(25)34(29)24-11-4-3-5-12-24/h3-14,16-17,19-20H,15,18H2,1-2H3,(H2,31,32,35). The van der Waals surface area contributed by atoms with Gasteiger partial charge in [-0.3, -0.25) is 4.57 Å². The minimum absolute atomic E-state index is 0.338. The number of nitrogens with zero attached hydrogens (tertiary/aromatic N) is 2. The summed E-state index contributed by atoms with van der Waals surface area (Å²) in [5.41, 5.74) is 5.58. The first-order valence-corrected chi connectivity index (χ1v) is 12.1. The van der Waals surface area contributed by atoms with E-state index in [-0.39, 0.29) is 6.03 Å². The molecule has 0 aliphatic rings. The number of ether oxygens (including phenoxy) is 2. The highest BCUT2D eigenvalue weighted by Crippen LogP contribution is 2.30. The maximum Gasteiger partial charge on any atom is 0.323 e. The molecule has 0 saturated carbocycles. The van der Waals surface area contributed by atoms with E-state index in [2.05, 4.69) is 39.5 Å². The number of hydrogen-bond donors (Lipinski definition) is 2. The molecule has 7 nitrogen and oxygen atoms in total. The highest BCUT2D eigenvalue weighted by atomic mass is 16.5. The average Bonchev–Trinajstić information content (AvgIpc) is 3.31. The van der Waals surface area contributed by atoms with Crippen molar-refractivity contribution in [2.75, 3.05) is 24.9 Å². The third kappa shape index (κ3) is 5.41. The van der Waals surface area contributed by atoms with Crippen LogP contribution in [0.1, 0.15) is 11.4 Å². The number of hydrogen-bond acceptors (Lipinski definition) is 4. The third-order valence-electron chi connectivity index (χ3n) is 6.11. The molecular formula is C30H28N4O3. The normalized spacial score (nSPS) is 10.8. The molecule has 0 aliphatic carbocycles. The molecule has 2 amide bonds. The Hall–Kier alpha value is -4.78. The number of carbonyl (C=O) groups excluding carboxylic acids is 1. The van der Waals surface area contributed by atoms with Crippen molar-refractivity contribution in [1.29, 1.82) is 0 Å². The molecular weight excluding hydrogens is 464 g/mol. The highest BCUT2D eigenvalue weighted by molar-refractivity contribution is 6.00. The van der Waals surface area contributed by atoms with E-state index in [9.17, 15) is 4.79 Å². The number of benzene rings is 4. The summed E-state index contributed by atoms with van der Waals surface area (Å²) in [6, 6.07) is 31.2. The van der Waals surface area contributed by atoms with Gasteiger partial charge in [0.2, 0.25) is 0 Å². The van der Waals surface area contributed by atoms with Crippen molar-refractivity contribution >= 4 is 28.4 Å². The monoisotopic (exact) mass is 492 g/mol. The van der Waals surface area contributed by atoms with Gasteiger partial charge in [-0.2, -0.15) is 0 Å². The zero-order chi connectivity index (χ0) is 25.6. The van der Waals surface area contributed by atoms with Gasteiger partial charge in [-0.25, -0.2) is 9.78 Å². The molecule has 5 rings (SSSR count). The van der Waals surface area contributed by atoms with Gasteiger partial charge in [-0.05, 0) is 60.5 Å². The molecule has 1 heterocycles. The quantitative estimate of drug-likeness (QED) is 0.260. The lowest BCUT2D eigenvalue weighted by atomic mass is 10.1. The Bertz CT molecular complexity index is 1530. The molecule has 0 atom stereocenters. The van der Waals surface area contributed by atoms with Crippen molar-refractivity contribution in [2.45, 2.75) is 12.8 Å². The van der Waals surface area contributed by atoms with E-state index in [1.807, 2.05) is 54.6 Å². The Labute approximate surface area is 215 Å². The number of carbonyl (C=O) groups is 1. The number of aromatic nitrogens is 2. The number of imidazole rings is 1. The Morgan fingerprint density at radius 1 is 0.757 bits per heavy atom. The van der Waals surface area contributed by atoms with E-state index in [1.165, 1.54) is 0 Å². The molecule has 0 fully saturated rings. The largest absolute Gasteiger partial charge is 0.493 e. The van der Waals surface area contributed by atoms with Crippen LogP contribution in [0.2, 0.25) is 0 Å². The van der Waals surface area contributed by atoms with Crippen LogP contribution in [0.4, 0.5) is 16.2 Å². The van der Waals surface area contributed by atoms with Crippen LogP contribution in [0.15, 0.2) is 97.1 Å². The molecule has 1 aromatic heterocycles. The van der Waals surface area contributed by atoms with Crippen LogP contribution >= 0.6 is 0 Å². The number of anilines is 2. The Kier molecular flexibility index (Phi) is 7.03. The van der Waals surface area contributed by atoms with E-state index in [0.717, 1.165) is 41.0 Å². The lowest BCUT2D eigenvalue weighted by Gasteiger charge is -2.12. The molecule has 0 saturated heterocycles. The van der Waals surface area contributed by atoms with Crippen LogP contribution in [-0.2, 0) is 12.8 Å². The fourth-order valence-electron chi connectivity index (χ4n) is 4.38. The van der Waals surface area contributed by atoms with Crippen molar-refractivity contribution < 1.29 is 14.3 Å². The van der Waals surface area contributed by atoms with Gasteiger partial charge in [0.1, 0.15) is 5.82 Å². The molecule has 7 heteroatoms. The second-order valence-corrected chi connectivity index (χ2v) is 8.54. The number of amides is 2. The lowest BCUT2D eigenvalue weighted by Crippen LogP contribution is -2.19. The van der Waals surface area contributed by atoms with E-state index >= 15 is 0 Å². The maximum absolute atomic E-state index is 12.6. The minimum atomic E-state index is -0.338. The van der Waals surface area contributed by atoms with Gasteiger partial charge in [0.25, 0.3) is 0 Å². The third-order valence-corrected chi connectivity index (χ3v) is 6.11. The molecule has 186 valence electrons. The maximum atomic E-state index is 12.6. The van der Waals surface area contributed by atoms with E-state index in [0.29, 0.717) is 22.9 Å². The number of para-hydroxylation sites is 3. The zero-order valence-electron chi connectivity index (χ0n) is 20.8. The summed E-state index contributed by atoms with van der Waals surface area (Å²) in [7, 11) is 3.13. The molecule has 4 aromatic carbocycles. The van der Waals surface area contributed by atoms with Gasteiger partial charge in [0.05, 0.1) is 25.3 Å². The summed E-state index contributed by atoms with van der Waals surface area (Å²) in [5.74, 6) is 2.14. The summed E-state index contributed by atoms with van der Waals surface area (Å²) in [6.45, 7) is 0. The van der Waals surface area contributed by atoms with E-state index in [1.54, 1.807) is 32.4 Å². The summed E-state index contributed by atoms with van der Waals surface area (Å²) in [4.78, 5) is 17.5. The van der Waals surface area contributed by atoms with Gasteiger partial charge in [-0.15, -0.1) is 0 Å². The lowest BCUT2D eigenvalue weighted by molar-refractivity contribution is 0.262. The Morgan fingerprint density at radius 3 is 2.27 bits per heavy atom. The predicted octanol–water partition coefficient (Wildman–Crippen LogP) is 6.47. The topological polar surface area (TPSA) is 77.4 Å². The van der Waals surface area contributed by atoms with Crippen LogP contribution < -0.4 is 20.1 Å². The van der Waals surface area contributed by atoms with Crippen molar-refractivity contribution in [2.24, 2.45) is 0 Å². The van der Waals surface area contributed by atoms with Gasteiger partial charge >= 0.3 is 6.03 Å². The second-order valence-electron chi connectivity index (χ2n) is 8.54. The van der Waals surface area contributed by atoms with Crippen molar-refractivity contribution in [1.82, 2.24) is 9.55 Å². The molecule has 0 bridgehead atoms. The first kappa shape index (κ1) is 23.9. The predicted molar refractivity (Wildman–Crippen MR) is 147 cm³/mol. The van der Waals surface area contributed by atoms with Gasteiger partial charge in [-0.1, -0.05) is 42.5 Å². The summed E-state index contributed by atoms with van der Waals surface area (Å²) in [5, 5.41) is 5.75. The number of aryl methyl sites for hydroxylation is 2. The molecule has 0 aliphatic heterocycles. The fraction of sp³-hybridized carbons (Fsp3) is 0.133. The molecule has 0 radical (unpaired) electrons. The van der Waals surface area contributed by atoms with Crippen LogP contribution in [-0.4, -0.2) is 29.8 Å².